The van der Waals surface area contributed by atoms with Crippen molar-refractivity contribution in [3.8, 4) is 0 Å². The molecule has 9 heteroatoms. The van der Waals surface area contributed by atoms with Gasteiger partial charge >= 0.3 is 0 Å². The topological polar surface area (TPSA) is 71.4 Å². The van der Waals surface area contributed by atoms with E-state index in [1.54, 1.807) is 6.92 Å². The standard InChI is InChI=1S/C6H11Br3O4S2/c1-4(7)6(8,9)5(14(2,10)11)15(3,12)13/h4H,1-3H3,(H,10,11). The first-order chi connectivity index (χ1) is 6.31. The van der Waals surface area contributed by atoms with Gasteiger partial charge in [0, 0.05) is 17.3 Å². The lowest BCUT2D eigenvalue weighted by atomic mass is 10.4. The van der Waals surface area contributed by atoms with Crippen molar-refractivity contribution in [3.05, 3.63) is 0 Å². The molecule has 4 nitrogen and oxygen atoms in total. The molecule has 0 radical (unpaired) electrons. The van der Waals surface area contributed by atoms with Crippen molar-refractivity contribution in [2.45, 2.75) is 15.0 Å². The number of sulfone groups is 1. The van der Waals surface area contributed by atoms with Crippen molar-refractivity contribution in [2.75, 3.05) is 12.5 Å². The molecule has 1 N–H and O–H groups in total. The van der Waals surface area contributed by atoms with Crippen LogP contribution in [0.2, 0.25) is 0 Å². The van der Waals surface area contributed by atoms with Crippen LogP contribution in [-0.4, -0.2) is 41.9 Å². The van der Waals surface area contributed by atoms with Gasteiger partial charge in [0.25, 0.3) is 0 Å². The number of hydrogen-bond acceptors (Lipinski definition) is 3. The Morgan fingerprint density at radius 3 is 1.67 bits per heavy atom. The Morgan fingerprint density at radius 1 is 1.27 bits per heavy atom. The Morgan fingerprint density at radius 2 is 1.60 bits per heavy atom. The van der Waals surface area contributed by atoms with Crippen molar-refractivity contribution >= 4 is 71.6 Å². The van der Waals surface area contributed by atoms with Crippen molar-refractivity contribution in [1.29, 1.82) is 0 Å². The minimum absolute atomic E-state index is 0.386. The average molecular weight is 451 g/mol. The van der Waals surface area contributed by atoms with Crippen molar-refractivity contribution in [2.24, 2.45) is 0 Å². The van der Waals surface area contributed by atoms with Crippen LogP contribution in [0.15, 0.2) is 0 Å². The third-order valence-electron chi connectivity index (χ3n) is 1.45. The van der Waals surface area contributed by atoms with E-state index < -0.39 is 27.1 Å². The van der Waals surface area contributed by atoms with Gasteiger partial charge in [-0.3, -0.25) is 0 Å². The zero-order valence-electron chi connectivity index (χ0n) is 8.20. The minimum Gasteiger partial charge on any atom is -0.313 e. The van der Waals surface area contributed by atoms with Crippen LogP contribution < -0.4 is 0 Å². The van der Waals surface area contributed by atoms with E-state index in [2.05, 4.69) is 47.8 Å². The highest BCUT2D eigenvalue weighted by atomic mass is 79.9. The molecule has 2 atom stereocenters. The summed E-state index contributed by atoms with van der Waals surface area (Å²) in [5, 5.41) is 0. The lowest BCUT2D eigenvalue weighted by Crippen LogP contribution is -2.42. The highest BCUT2D eigenvalue weighted by Crippen LogP contribution is 2.38. The van der Waals surface area contributed by atoms with Gasteiger partial charge in [0.1, 0.15) is 7.43 Å². The monoisotopic (exact) mass is 448 g/mol. The Hall–Kier alpha value is 1.37. The van der Waals surface area contributed by atoms with Gasteiger partial charge in [-0.05, 0) is 0 Å². The highest BCUT2D eigenvalue weighted by molar-refractivity contribution is 9.27. The van der Waals surface area contributed by atoms with Gasteiger partial charge in [0.2, 0.25) is 0 Å². The summed E-state index contributed by atoms with van der Waals surface area (Å²) in [6, 6.07) is 0. The predicted octanol–water partition coefficient (Wildman–Crippen LogP) is 1.82. The summed E-state index contributed by atoms with van der Waals surface area (Å²) in [6.45, 7) is 1.65. The SMILES string of the molecule is CC(Br)C(Br)(Br)C(S(C)(=O)=O)=S(C)(=O)O. The molecule has 0 saturated carbocycles. The Labute approximate surface area is 115 Å². The van der Waals surface area contributed by atoms with Gasteiger partial charge in [-0.2, -0.15) is 0 Å². The highest BCUT2D eigenvalue weighted by Gasteiger charge is 2.42. The smallest absolute Gasteiger partial charge is 0.183 e. The molecule has 0 aliphatic heterocycles. The van der Waals surface area contributed by atoms with E-state index >= 15 is 0 Å². The number of alkyl halides is 3. The molecular weight excluding hydrogens is 440 g/mol. The quantitative estimate of drug-likeness (QED) is 0.514. The summed E-state index contributed by atoms with van der Waals surface area (Å²) in [7, 11) is -7.33. The number of rotatable bonds is 2. The number of hydrogen-bond donors (Lipinski definition) is 1. The minimum atomic E-state index is -3.76. The van der Waals surface area contributed by atoms with E-state index in [1.165, 1.54) is 0 Å². The third-order valence-corrected chi connectivity index (χ3v) is 10.4. The van der Waals surface area contributed by atoms with Gasteiger partial charge in [0.15, 0.2) is 9.84 Å². The van der Waals surface area contributed by atoms with Crippen LogP contribution in [0, 0.1) is 0 Å². The summed E-state index contributed by atoms with van der Waals surface area (Å²) < 4.78 is 42.2. The summed E-state index contributed by atoms with van der Waals surface area (Å²) in [5.74, 6) is 0. The van der Waals surface area contributed by atoms with Crippen LogP contribution in [0.5, 0.6) is 0 Å². The fourth-order valence-electron chi connectivity index (χ4n) is 0.943. The van der Waals surface area contributed by atoms with Crippen LogP contribution >= 0.6 is 47.8 Å². The fourth-order valence-corrected chi connectivity index (χ4v) is 8.64. The van der Waals surface area contributed by atoms with E-state index in [4.69, 9.17) is 0 Å². The van der Waals surface area contributed by atoms with E-state index in [1.807, 2.05) is 0 Å². The molecule has 0 aliphatic carbocycles. The Kier molecular flexibility index (Phi) is 5.38. The Bertz CT molecular complexity index is 449. The summed E-state index contributed by atoms with van der Waals surface area (Å²) in [5.41, 5.74) is 0. The van der Waals surface area contributed by atoms with E-state index in [9.17, 15) is 17.2 Å². The van der Waals surface area contributed by atoms with E-state index in [-0.39, 0.29) is 4.83 Å². The molecule has 0 aromatic rings. The van der Waals surface area contributed by atoms with Gasteiger partial charge < -0.3 is 4.55 Å². The molecular formula is C6H11Br3O4S2. The zero-order valence-corrected chi connectivity index (χ0v) is 14.6. The van der Waals surface area contributed by atoms with Crippen LogP contribution in [0.25, 0.3) is 0 Å². The maximum Gasteiger partial charge on any atom is 0.183 e. The maximum absolute atomic E-state index is 11.5. The lowest BCUT2D eigenvalue weighted by Gasteiger charge is -2.26. The van der Waals surface area contributed by atoms with Gasteiger partial charge in [-0.15, -0.1) is 0 Å². The first kappa shape index (κ1) is 16.4. The molecule has 0 aromatic carbocycles. The van der Waals surface area contributed by atoms with Crippen LogP contribution in [-0.2, 0) is 19.6 Å². The van der Waals surface area contributed by atoms with Gasteiger partial charge in [0.05, 0.1) is 9.80 Å². The summed E-state index contributed by atoms with van der Waals surface area (Å²) in [4.78, 5) is -0.386. The molecule has 92 valence electrons. The number of halogens is 3. The molecule has 0 saturated heterocycles. The molecule has 0 fully saturated rings. The lowest BCUT2D eigenvalue weighted by molar-refractivity contribution is 0.565. The van der Waals surface area contributed by atoms with Crippen molar-refractivity contribution in [3.63, 3.8) is 0 Å². The molecule has 0 bridgehead atoms. The van der Waals surface area contributed by atoms with Crippen LogP contribution in [0.4, 0.5) is 0 Å². The molecule has 0 spiro atoms. The van der Waals surface area contributed by atoms with Crippen LogP contribution in [0.1, 0.15) is 6.92 Å². The second kappa shape index (κ2) is 4.93. The first-order valence-electron chi connectivity index (χ1n) is 3.62. The fraction of sp³-hybridized carbons (Fsp3) is 0.833. The first-order valence-corrected chi connectivity index (χ1v) is 9.94. The molecule has 2 unspecified atom stereocenters. The molecule has 15 heavy (non-hydrogen) atoms. The molecule has 0 amide bonds. The Balaban J connectivity index is 6.17. The average Bonchev–Trinajstić information content (AvgIpc) is 1.76. The predicted molar refractivity (Wildman–Crippen MR) is 75.5 cm³/mol. The molecule has 0 rings (SSSR count). The second-order valence-corrected chi connectivity index (χ2v) is 12.3. The van der Waals surface area contributed by atoms with Crippen molar-refractivity contribution in [1.82, 2.24) is 0 Å². The normalized spacial score (nSPS) is 19.4. The van der Waals surface area contributed by atoms with Crippen molar-refractivity contribution < 1.29 is 17.2 Å². The van der Waals surface area contributed by atoms with Gasteiger partial charge in [-0.1, -0.05) is 54.7 Å². The zero-order chi connectivity index (χ0) is 12.7. The van der Waals surface area contributed by atoms with E-state index in [0.29, 0.717) is 0 Å². The largest absolute Gasteiger partial charge is 0.313 e. The molecule has 0 heterocycles. The van der Waals surface area contributed by atoms with Gasteiger partial charge in [-0.25, -0.2) is 12.6 Å². The maximum atomic E-state index is 11.5. The molecule has 0 aliphatic rings. The van der Waals surface area contributed by atoms with E-state index in [0.717, 1.165) is 12.5 Å². The molecule has 0 aromatic heterocycles. The summed E-state index contributed by atoms with van der Waals surface area (Å²) in [6.07, 6.45) is 1.87. The summed E-state index contributed by atoms with van der Waals surface area (Å²) >= 11 is 9.36. The third kappa shape index (κ3) is 4.27. The van der Waals surface area contributed by atoms with Crippen LogP contribution in [0.3, 0.4) is 0 Å². The second-order valence-electron chi connectivity index (χ2n) is 3.10.